The summed E-state index contributed by atoms with van der Waals surface area (Å²) >= 11 is 1.67. The fraction of sp³-hybridized carbons (Fsp3) is 0.700. The largest absolute Gasteiger partial charge is 0.357 e. The molecule has 0 aromatic carbocycles. The van der Waals surface area contributed by atoms with Gasteiger partial charge in [-0.2, -0.15) is 0 Å². The van der Waals surface area contributed by atoms with Crippen LogP contribution >= 0.6 is 11.3 Å². The van der Waals surface area contributed by atoms with Crippen molar-refractivity contribution in [2.24, 2.45) is 5.73 Å². The molecular weight excluding hydrogens is 194 g/mol. The second-order valence-corrected chi connectivity index (χ2v) is 4.85. The van der Waals surface area contributed by atoms with Gasteiger partial charge in [-0.05, 0) is 19.8 Å². The summed E-state index contributed by atoms with van der Waals surface area (Å²) in [7, 11) is 0. The monoisotopic (exact) mass is 211 g/mol. The van der Waals surface area contributed by atoms with Crippen LogP contribution < -0.4 is 11.1 Å². The van der Waals surface area contributed by atoms with Gasteiger partial charge in [0.05, 0.1) is 5.69 Å². The first-order valence-corrected chi connectivity index (χ1v) is 6.08. The summed E-state index contributed by atoms with van der Waals surface area (Å²) in [4.78, 5) is 4.39. The van der Waals surface area contributed by atoms with Crippen LogP contribution in [0.5, 0.6) is 0 Å². The summed E-state index contributed by atoms with van der Waals surface area (Å²) < 4.78 is 0. The smallest absolute Gasteiger partial charge is 0.183 e. The van der Waals surface area contributed by atoms with Gasteiger partial charge in [-0.3, -0.25) is 0 Å². The van der Waals surface area contributed by atoms with Crippen LogP contribution in [0.4, 0.5) is 5.13 Å². The van der Waals surface area contributed by atoms with Crippen LogP contribution in [0, 0.1) is 6.92 Å². The van der Waals surface area contributed by atoms with Crippen LogP contribution in [0.25, 0.3) is 0 Å². The number of nitrogens with two attached hydrogens (primary N) is 1. The normalized spacial score (nSPS) is 27.6. The molecular formula is C10H17N3S. The van der Waals surface area contributed by atoms with Gasteiger partial charge in [0.1, 0.15) is 0 Å². The van der Waals surface area contributed by atoms with E-state index in [2.05, 4.69) is 15.7 Å². The molecule has 1 saturated carbocycles. The van der Waals surface area contributed by atoms with Gasteiger partial charge in [-0.1, -0.05) is 12.8 Å². The van der Waals surface area contributed by atoms with Crippen molar-refractivity contribution in [1.82, 2.24) is 4.98 Å². The Morgan fingerprint density at radius 3 is 2.93 bits per heavy atom. The number of nitrogens with zero attached hydrogens (tertiary/aromatic N) is 1. The van der Waals surface area contributed by atoms with E-state index < -0.39 is 0 Å². The van der Waals surface area contributed by atoms with Gasteiger partial charge in [-0.15, -0.1) is 11.3 Å². The van der Waals surface area contributed by atoms with Crippen LogP contribution in [-0.4, -0.2) is 17.1 Å². The molecule has 0 saturated heterocycles. The van der Waals surface area contributed by atoms with Crippen molar-refractivity contribution in [3.8, 4) is 0 Å². The lowest BCUT2D eigenvalue weighted by Crippen LogP contribution is -2.42. The SMILES string of the molecule is Cc1csc(NC2CCCCC2N)n1. The average molecular weight is 211 g/mol. The Balaban J connectivity index is 1.95. The van der Waals surface area contributed by atoms with Crippen LogP contribution in [0.1, 0.15) is 31.4 Å². The van der Waals surface area contributed by atoms with E-state index in [1.165, 1.54) is 19.3 Å². The fourth-order valence-electron chi connectivity index (χ4n) is 1.92. The van der Waals surface area contributed by atoms with E-state index in [9.17, 15) is 0 Å². The zero-order valence-electron chi connectivity index (χ0n) is 8.49. The summed E-state index contributed by atoms with van der Waals surface area (Å²) in [5, 5.41) is 6.52. The van der Waals surface area contributed by atoms with Gasteiger partial charge in [0.25, 0.3) is 0 Å². The minimum absolute atomic E-state index is 0.299. The number of hydrogen-bond donors (Lipinski definition) is 2. The zero-order valence-corrected chi connectivity index (χ0v) is 9.31. The van der Waals surface area contributed by atoms with Gasteiger partial charge in [-0.25, -0.2) is 4.98 Å². The van der Waals surface area contributed by atoms with E-state index in [1.807, 2.05) is 6.92 Å². The molecule has 0 radical (unpaired) electrons. The predicted molar refractivity (Wildman–Crippen MR) is 60.7 cm³/mol. The number of rotatable bonds is 2. The Kier molecular flexibility index (Phi) is 3.03. The summed E-state index contributed by atoms with van der Waals surface area (Å²) in [5.41, 5.74) is 7.13. The van der Waals surface area contributed by atoms with Crippen molar-refractivity contribution in [2.45, 2.75) is 44.7 Å². The third-order valence-corrected chi connectivity index (χ3v) is 3.64. The molecule has 0 amide bonds. The molecule has 78 valence electrons. The molecule has 1 aromatic heterocycles. The molecule has 1 aliphatic carbocycles. The third-order valence-electron chi connectivity index (χ3n) is 2.75. The summed E-state index contributed by atoms with van der Waals surface area (Å²) in [6.45, 7) is 2.02. The van der Waals surface area contributed by atoms with Gasteiger partial charge >= 0.3 is 0 Å². The van der Waals surface area contributed by atoms with Gasteiger partial charge in [0.2, 0.25) is 0 Å². The number of aryl methyl sites for hydroxylation is 1. The van der Waals surface area contributed by atoms with Gasteiger partial charge in [0.15, 0.2) is 5.13 Å². The summed E-state index contributed by atoms with van der Waals surface area (Å²) in [6, 6.07) is 0.724. The van der Waals surface area contributed by atoms with Crippen molar-refractivity contribution in [3.05, 3.63) is 11.1 Å². The number of aromatic nitrogens is 1. The standard InChI is InChI=1S/C10H17N3S/c1-7-6-14-10(12-7)13-9-5-3-2-4-8(9)11/h6,8-9H,2-5,11H2,1H3,(H,12,13). The molecule has 4 heteroatoms. The van der Waals surface area contributed by atoms with Crippen molar-refractivity contribution in [2.75, 3.05) is 5.32 Å². The maximum absolute atomic E-state index is 6.05. The average Bonchev–Trinajstić information content (AvgIpc) is 2.56. The van der Waals surface area contributed by atoms with E-state index in [0.29, 0.717) is 12.1 Å². The van der Waals surface area contributed by atoms with E-state index in [4.69, 9.17) is 5.73 Å². The minimum Gasteiger partial charge on any atom is -0.357 e. The van der Waals surface area contributed by atoms with Crippen molar-refractivity contribution in [1.29, 1.82) is 0 Å². The van der Waals surface area contributed by atoms with Crippen LogP contribution in [-0.2, 0) is 0 Å². The molecule has 0 spiro atoms. The highest BCUT2D eigenvalue weighted by Gasteiger charge is 2.21. The Morgan fingerprint density at radius 2 is 2.29 bits per heavy atom. The van der Waals surface area contributed by atoms with E-state index in [0.717, 1.165) is 17.2 Å². The highest BCUT2D eigenvalue weighted by atomic mass is 32.1. The number of nitrogens with one attached hydrogen (secondary N) is 1. The molecule has 1 fully saturated rings. The van der Waals surface area contributed by atoms with E-state index in [-0.39, 0.29) is 0 Å². The van der Waals surface area contributed by atoms with Crippen molar-refractivity contribution >= 4 is 16.5 Å². The van der Waals surface area contributed by atoms with Crippen LogP contribution in [0.15, 0.2) is 5.38 Å². The first-order chi connectivity index (χ1) is 6.75. The zero-order chi connectivity index (χ0) is 9.97. The Bertz CT molecular complexity index is 297. The molecule has 1 heterocycles. The molecule has 2 atom stereocenters. The predicted octanol–water partition coefficient (Wildman–Crippen LogP) is 2.13. The molecule has 2 unspecified atom stereocenters. The van der Waals surface area contributed by atoms with Crippen molar-refractivity contribution < 1.29 is 0 Å². The molecule has 1 aliphatic rings. The minimum atomic E-state index is 0.299. The maximum atomic E-state index is 6.05. The first-order valence-electron chi connectivity index (χ1n) is 5.20. The van der Waals surface area contributed by atoms with Crippen LogP contribution in [0.3, 0.4) is 0 Å². The molecule has 3 N–H and O–H groups in total. The van der Waals surface area contributed by atoms with E-state index in [1.54, 1.807) is 11.3 Å². The topological polar surface area (TPSA) is 50.9 Å². The molecule has 0 bridgehead atoms. The molecule has 0 aliphatic heterocycles. The fourth-order valence-corrected chi connectivity index (χ4v) is 2.67. The molecule has 1 aromatic rings. The second-order valence-electron chi connectivity index (χ2n) is 3.99. The summed E-state index contributed by atoms with van der Waals surface area (Å²) in [6.07, 6.45) is 4.88. The number of thiazole rings is 1. The Morgan fingerprint density at radius 1 is 1.50 bits per heavy atom. The lowest BCUT2D eigenvalue weighted by Gasteiger charge is -2.29. The Hall–Kier alpha value is -0.610. The Labute approximate surface area is 88.7 Å². The lowest BCUT2D eigenvalue weighted by atomic mass is 9.91. The second kappa shape index (κ2) is 4.28. The van der Waals surface area contributed by atoms with E-state index >= 15 is 0 Å². The highest BCUT2D eigenvalue weighted by Crippen LogP contribution is 2.22. The van der Waals surface area contributed by atoms with Crippen molar-refractivity contribution in [3.63, 3.8) is 0 Å². The lowest BCUT2D eigenvalue weighted by molar-refractivity contribution is 0.404. The highest BCUT2D eigenvalue weighted by molar-refractivity contribution is 7.13. The first kappa shape index (κ1) is 9.93. The van der Waals surface area contributed by atoms with Gasteiger partial charge < -0.3 is 11.1 Å². The maximum Gasteiger partial charge on any atom is 0.183 e. The summed E-state index contributed by atoms with van der Waals surface area (Å²) in [5.74, 6) is 0. The molecule has 2 rings (SSSR count). The van der Waals surface area contributed by atoms with Gasteiger partial charge in [0, 0.05) is 17.5 Å². The molecule has 14 heavy (non-hydrogen) atoms. The third kappa shape index (κ3) is 2.25. The quantitative estimate of drug-likeness (QED) is 0.788. The number of hydrogen-bond acceptors (Lipinski definition) is 4. The number of anilines is 1. The van der Waals surface area contributed by atoms with Crippen LogP contribution in [0.2, 0.25) is 0 Å². The molecule has 3 nitrogen and oxygen atoms in total.